The van der Waals surface area contributed by atoms with Crippen molar-refractivity contribution >= 4 is 53.3 Å². The van der Waals surface area contributed by atoms with E-state index in [9.17, 15) is 58.8 Å². The summed E-state index contributed by atoms with van der Waals surface area (Å²) in [5.41, 5.74) is 18.1. The molecule has 0 bridgehead atoms. The first-order valence-corrected chi connectivity index (χ1v) is 24.2. The Labute approximate surface area is 429 Å². The molecule has 2 aromatic carbocycles. The van der Waals surface area contributed by atoms with Gasteiger partial charge < -0.3 is 79.8 Å². The van der Waals surface area contributed by atoms with Crippen molar-refractivity contribution in [1.82, 2.24) is 47.2 Å². The standard InChI is InChI=1S/C49H73N13O12/c1-25(2)18-35(43(68)62-39(48(73)74)19-26(3)4)59-46(71)38(22-31-23-53-24-55-31)61-45(70)37(21-30-11-15-33(65)16-12-30)60-42(67)34(8-7-17-54-49(51)52)57-44(69)36(20-29-9-13-32(64)14-10-29)58-41(66)27(5)56-47(72)40(50)28(6)63/h9-16,23-28,34-40,63-65H,7-8,17-22,50H2,1-6H3,(H,53,55)(H,56,72)(H,57,69)(H,58,66)(H,59,71)(H,60,67)(H,61,70)(H,62,68)(H,73,74)(H4,51,52,54)/t27-,28+,34-,35-,36-,37-,38-,39-,40-/m0/s1. The first-order valence-electron chi connectivity index (χ1n) is 24.2. The molecule has 1 aromatic heterocycles. The van der Waals surface area contributed by atoms with E-state index in [1.54, 1.807) is 27.7 Å². The Morgan fingerprint density at radius 1 is 0.581 bits per heavy atom. The first kappa shape index (κ1) is 60.5. The predicted molar refractivity (Wildman–Crippen MR) is 271 cm³/mol. The molecule has 0 aliphatic rings. The average molecular weight is 1040 g/mol. The molecular weight excluding hydrogens is 963 g/mol. The summed E-state index contributed by atoms with van der Waals surface area (Å²) in [5.74, 6) is -7.85. The number of aliphatic carboxylic acids is 1. The number of aromatic hydroxyl groups is 2. The zero-order chi connectivity index (χ0) is 55.2. The van der Waals surface area contributed by atoms with Crippen LogP contribution in [0.15, 0.2) is 66.0 Å². The minimum Gasteiger partial charge on any atom is -0.508 e. The minimum atomic E-state index is -1.49. The largest absolute Gasteiger partial charge is 0.508 e. The van der Waals surface area contributed by atoms with Gasteiger partial charge in [0.25, 0.3) is 0 Å². The van der Waals surface area contributed by atoms with Crippen LogP contribution in [0.2, 0.25) is 0 Å². The third kappa shape index (κ3) is 21.1. The number of aromatic amines is 1. The summed E-state index contributed by atoms with van der Waals surface area (Å²) in [6.45, 7) is 9.83. The fourth-order valence-corrected chi connectivity index (χ4v) is 7.40. The van der Waals surface area contributed by atoms with Crippen molar-refractivity contribution in [1.29, 1.82) is 0 Å². The van der Waals surface area contributed by atoms with E-state index in [4.69, 9.17) is 17.2 Å². The van der Waals surface area contributed by atoms with Crippen LogP contribution in [0.3, 0.4) is 0 Å². The van der Waals surface area contributed by atoms with Gasteiger partial charge in [-0.05, 0) is 86.8 Å². The Balaban J connectivity index is 2.02. The molecule has 0 saturated carbocycles. The van der Waals surface area contributed by atoms with Crippen molar-refractivity contribution in [3.8, 4) is 11.5 Å². The quantitative estimate of drug-likeness (QED) is 0.0199. The number of rotatable bonds is 30. The number of aliphatic hydroxyl groups is 1. The van der Waals surface area contributed by atoms with Gasteiger partial charge >= 0.3 is 5.97 Å². The molecular formula is C49H73N13O12. The van der Waals surface area contributed by atoms with Crippen molar-refractivity contribution in [2.24, 2.45) is 34.0 Å². The van der Waals surface area contributed by atoms with E-state index in [0.29, 0.717) is 16.8 Å². The Morgan fingerprint density at radius 3 is 1.45 bits per heavy atom. The van der Waals surface area contributed by atoms with Crippen molar-refractivity contribution in [3.63, 3.8) is 0 Å². The molecule has 18 N–H and O–H groups in total. The van der Waals surface area contributed by atoms with Gasteiger partial charge in [0.1, 0.15) is 59.8 Å². The summed E-state index contributed by atoms with van der Waals surface area (Å²) in [6.07, 6.45) is 1.12. The van der Waals surface area contributed by atoms with Crippen LogP contribution >= 0.6 is 0 Å². The van der Waals surface area contributed by atoms with Crippen molar-refractivity contribution < 1.29 is 58.8 Å². The Bertz CT molecular complexity index is 2360. The number of H-pyrrole nitrogens is 1. The molecule has 25 heteroatoms. The third-order valence-corrected chi connectivity index (χ3v) is 11.4. The number of imidazole rings is 1. The van der Waals surface area contributed by atoms with Gasteiger partial charge in [-0.3, -0.25) is 38.6 Å². The molecule has 0 spiro atoms. The maximum atomic E-state index is 14.6. The second-order valence-corrected chi connectivity index (χ2v) is 18.9. The third-order valence-electron chi connectivity index (χ3n) is 11.4. The Hall–Kier alpha value is -7.80. The predicted octanol–water partition coefficient (Wildman–Crippen LogP) is -1.80. The zero-order valence-electron chi connectivity index (χ0n) is 42.5. The number of carboxylic acids is 1. The molecule has 0 saturated heterocycles. The number of benzene rings is 2. The van der Waals surface area contributed by atoms with E-state index in [-0.39, 0.29) is 80.8 Å². The highest BCUT2D eigenvalue weighted by Gasteiger charge is 2.35. The smallest absolute Gasteiger partial charge is 0.326 e. The number of phenols is 2. The number of aromatic nitrogens is 2. The highest BCUT2D eigenvalue weighted by atomic mass is 16.4. The van der Waals surface area contributed by atoms with Gasteiger partial charge in [-0.15, -0.1) is 0 Å². The lowest BCUT2D eigenvalue weighted by Crippen LogP contribution is -2.61. The number of carbonyl (C=O) groups is 8. The fourth-order valence-electron chi connectivity index (χ4n) is 7.40. The average Bonchev–Trinajstić information content (AvgIpc) is 3.85. The number of nitrogens with one attached hydrogen (secondary N) is 8. The van der Waals surface area contributed by atoms with Crippen LogP contribution in [-0.4, -0.2) is 145 Å². The molecule has 25 nitrogen and oxygen atoms in total. The summed E-state index contributed by atoms with van der Waals surface area (Å²) in [4.78, 5) is 120. The summed E-state index contributed by atoms with van der Waals surface area (Å²) in [6, 6.07) is 0.560. The van der Waals surface area contributed by atoms with Crippen LogP contribution in [0.25, 0.3) is 0 Å². The summed E-state index contributed by atoms with van der Waals surface area (Å²) < 4.78 is 0. The highest BCUT2D eigenvalue weighted by molar-refractivity contribution is 5.98. The summed E-state index contributed by atoms with van der Waals surface area (Å²) in [5, 5.41) is 57.8. The molecule has 7 amide bonds. The summed E-state index contributed by atoms with van der Waals surface area (Å²) in [7, 11) is 0. The van der Waals surface area contributed by atoms with Gasteiger partial charge in [0.05, 0.1) is 12.4 Å². The van der Waals surface area contributed by atoms with E-state index >= 15 is 0 Å². The van der Waals surface area contributed by atoms with E-state index in [0.717, 1.165) is 0 Å². The zero-order valence-corrected chi connectivity index (χ0v) is 42.5. The molecule has 0 aliphatic heterocycles. The van der Waals surface area contributed by atoms with Gasteiger partial charge in [-0.1, -0.05) is 52.0 Å². The lowest BCUT2D eigenvalue weighted by atomic mass is 9.99. The van der Waals surface area contributed by atoms with Crippen molar-refractivity contribution in [2.75, 3.05) is 6.54 Å². The number of hydrogen-bond donors (Lipinski definition) is 15. The van der Waals surface area contributed by atoms with Gasteiger partial charge in [0, 0.05) is 37.7 Å². The van der Waals surface area contributed by atoms with Crippen LogP contribution in [-0.2, 0) is 57.6 Å². The van der Waals surface area contributed by atoms with Crippen molar-refractivity contribution in [2.45, 2.75) is 141 Å². The molecule has 3 rings (SSSR count). The van der Waals surface area contributed by atoms with Gasteiger partial charge in [0.15, 0.2) is 5.96 Å². The number of hydrogen-bond acceptors (Lipinski definition) is 14. The molecule has 406 valence electrons. The molecule has 9 atom stereocenters. The van der Waals surface area contributed by atoms with Gasteiger partial charge in [-0.2, -0.15) is 0 Å². The lowest BCUT2D eigenvalue weighted by molar-refractivity contribution is -0.143. The second-order valence-electron chi connectivity index (χ2n) is 18.9. The maximum Gasteiger partial charge on any atom is 0.326 e. The Morgan fingerprint density at radius 2 is 1.00 bits per heavy atom. The normalized spacial score (nSPS) is 14.8. The molecule has 3 aromatic rings. The van der Waals surface area contributed by atoms with Crippen LogP contribution in [0.4, 0.5) is 0 Å². The number of guanidine groups is 1. The number of amides is 7. The topological polar surface area (TPSA) is 421 Å². The van der Waals surface area contributed by atoms with Gasteiger partial charge in [-0.25, -0.2) is 9.78 Å². The van der Waals surface area contributed by atoms with Crippen LogP contribution in [0.1, 0.15) is 84.0 Å². The summed E-state index contributed by atoms with van der Waals surface area (Å²) >= 11 is 0. The molecule has 0 unspecified atom stereocenters. The highest BCUT2D eigenvalue weighted by Crippen LogP contribution is 2.16. The fraction of sp³-hybridized carbons (Fsp3) is 0.510. The minimum absolute atomic E-state index is 0.00773. The number of carboxylic acid groups (broad SMARTS) is 1. The van der Waals surface area contributed by atoms with E-state index in [2.05, 4.69) is 52.2 Å². The number of nitrogens with zero attached hydrogens (tertiary/aromatic N) is 2. The van der Waals surface area contributed by atoms with Crippen LogP contribution < -0.4 is 54.4 Å². The molecule has 1 heterocycles. The van der Waals surface area contributed by atoms with Crippen molar-refractivity contribution in [3.05, 3.63) is 77.9 Å². The number of aliphatic hydroxyl groups excluding tert-OH is 1. The Kier molecular flexibility index (Phi) is 24.2. The first-order chi connectivity index (χ1) is 34.8. The molecule has 0 radical (unpaired) electrons. The number of aliphatic imine (C=N–C) groups is 1. The van der Waals surface area contributed by atoms with E-state index in [1.165, 1.54) is 74.9 Å². The monoisotopic (exact) mass is 1040 g/mol. The number of nitrogens with two attached hydrogens (primary N) is 3. The van der Waals surface area contributed by atoms with E-state index in [1.807, 2.05) is 0 Å². The maximum absolute atomic E-state index is 14.6. The lowest BCUT2D eigenvalue weighted by Gasteiger charge is -2.28. The van der Waals surface area contributed by atoms with E-state index < -0.39 is 102 Å². The molecule has 0 fully saturated rings. The van der Waals surface area contributed by atoms with Gasteiger partial charge in [0.2, 0.25) is 41.4 Å². The number of carbonyl (C=O) groups excluding carboxylic acids is 7. The second kappa shape index (κ2) is 29.7. The molecule has 74 heavy (non-hydrogen) atoms. The SMILES string of the molecule is CC(C)C[C@H](NC(=O)[C@H](CC(C)C)NC(=O)[C@H](Cc1cnc[nH]1)NC(=O)[C@H](Cc1ccc(O)cc1)NC(=O)[C@H](CCCN=C(N)N)NC(=O)[C@H](Cc1ccc(O)cc1)NC(=O)[C@H](C)NC(=O)[C@@H](N)[C@@H](C)O)C(=O)O. The van der Waals surface area contributed by atoms with Crippen LogP contribution in [0.5, 0.6) is 11.5 Å². The van der Waals surface area contributed by atoms with Crippen LogP contribution in [0, 0.1) is 11.8 Å². The number of phenolic OH excluding ortho intramolecular Hbond substituents is 2. The molecule has 0 aliphatic carbocycles.